The number of nitrogens with zero attached hydrogens (tertiary/aromatic N) is 1. The van der Waals surface area contributed by atoms with Crippen molar-refractivity contribution >= 4 is 25.7 Å². The quantitative estimate of drug-likeness (QED) is 0.0386. The molecule has 0 atom stereocenters. The number of ether oxygens (including phenoxy) is 2. The molecule has 362 valence electrons. The van der Waals surface area contributed by atoms with E-state index in [2.05, 4.69) is 0 Å². The van der Waals surface area contributed by atoms with E-state index in [0.29, 0.717) is 36.9 Å². The molecule has 3 rings (SSSR count). The number of aromatic nitrogens is 1. The monoisotopic (exact) mass is 959 g/mol. The highest BCUT2D eigenvalue weighted by Gasteiger charge is 2.90. The minimum absolute atomic E-state index is 0.00122. The largest absolute Gasteiger partial charge is 0.500 e. The predicted octanol–water partition coefficient (Wildman–Crippen LogP) is 11.7. The van der Waals surface area contributed by atoms with Crippen LogP contribution in [0.3, 0.4) is 0 Å². The van der Waals surface area contributed by atoms with Crippen molar-refractivity contribution in [3.63, 3.8) is 0 Å². The summed E-state index contributed by atoms with van der Waals surface area (Å²) in [6.45, 7) is 6.26. The van der Waals surface area contributed by atoms with Crippen LogP contribution in [0.4, 0.5) is 57.1 Å². The van der Waals surface area contributed by atoms with Crippen molar-refractivity contribution in [2.24, 2.45) is 0 Å². The maximum atomic E-state index is 14.2. The fourth-order valence-electron chi connectivity index (χ4n) is 6.33. The fourth-order valence-corrected chi connectivity index (χ4v) is 9.02. The number of hydrogen-bond donors (Lipinski definition) is 0. The van der Waals surface area contributed by atoms with Crippen molar-refractivity contribution in [2.75, 3.05) is 33.0 Å². The summed E-state index contributed by atoms with van der Waals surface area (Å²) in [5.41, 5.74) is -0.996. The van der Waals surface area contributed by atoms with Crippen molar-refractivity contribution in [2.45, 2.75) is 127 Å². The number of rotatable bonds is 29. The number of halogens is 13. The Morgan fingerprint density at radius 2 is 1.05 bits per heavy atom. The lowest BCUT2D eigenvalue weighted by atomic mass is 9.93. The van der Waals surface area contributed by atoms with Crippen LogP contribution in [0.15, 0.2) is 59.4 Å². The Bertz CT molecular complexity index is 1960. The number of alkyl halides is 13. The molecular formula is C41H50F13NO8Si. The van der Waals surface area contributed by atoms with E-state index < -0.39 is 74.9 Å². The number of unbranched alkanes of at least 4 members (excludes halogenated alkanes) is 8. The van der Waals surface area contributed by atoms with Gasteiger partial charge in [0.1, 0.15) is 11.5 Å². The molecule has 1 heterocycles. The third kappa shape index (κ3) is 13.0. The highest BCUT2D eigenvalue weighted by atomic mass is 28.4. The molecule has 1 aromatic heterocycles. The van der Waals surface area contributed by atoms with Crippen LogP contribution in [0.1, 0.15) is 95.3 Å². The summed E-state index contributed by atoms with van der Waals surface area (Å²) in [7, 11) is -2.60. The van der Waals surface area contributed by atoms with E-state index >= 15 is 0 Å². The van der Waals surface area contributed by atoms with Gasteiger partial charge in [-0.2, -0.15) is 57.1 Å². The SMILES string of the molecule is CCO[Si](CCCCCCCCCCCOc1ccc(C(=O)On2c(=O)ccc3cc(OCCC(F)(F)C(F)(F)C(F)(F)C(F)(F)C(F)(F)C(F)(F)F)ccc32)cc1)(OCC)OCC. The van der Waals surface area contributed by atoms with Gasteiger partial charge in [0.05, 0.1) is 30.7 Å². The third-order valence-corrected chi connectivity index (χ3v) is 12.9. The van der Waals surface area contributed by atoms with Gasteiger partial charge in [-0.05, 0) is 82.1 Å². The third-order valence-electron chi connectivity index (χ3n) is 9.76. The molecular weight excluding hydrogens is 910 g/mol. The van der Waals surface area contributed by atoms with Gasteiger partial charge in [0.15, 0.2) is 0 Å². The van der Waals surface area contributed by atoms with Gasteiger partial charge in [0.25, 0.3) is 5.56 Å². The lowest BCUT2D eigenvalue weighted by Gasteiger charge is -2.39. The van der Waals surface area contributed by atoms with Crippen molar-refractivity contribution in [1.29, 1.82) is 0 Å². The van der Waals surface area contributed by atoms with Crippen LogP contribution < -0.4 is 19.9 Å². The Balaban J connectivity index is 1.46. The molecule has 0 aliphatic rings. The molecule has 9 nitrogen and oxygen atoms in total. The van der Waals surface area contributed by atoms with E-state index in [-0.39, 0.29) is 16.5 Å². The second kappa shape index (κ2) is 22.9. The lowest BCUT2D eigenvalue weighted by molar-refractivity contribution is -0.440. The highest BCUT2D eigenvalue weighted by Crippen LogP contribution is 2.60. The fraction of sp³-hybridized carbons (Fsp3) is 0.610. The van der Waals surface area contributed by atoms with Crippen molar-refractivity contribution in [3.05, 3.63) is 70.5 Å². The molecule has 0 fully saturated rings. The molecule has 0 saturated heterocycles. The lowest BCUT2D eigenvalue weighted by Crippen LogP contribution is -2.70. The summed E-state index contributed by atoms with van der Waals surface area (Å²) < 4.78 is 203. The summed E-state index contributed by atoms with van der Waals surface area (Å²) in [6.07, 6.45) is -0.687. The van der Waals surface area contributed by atoms with Gasteiger partial charge in [-0.1, -0.05) is 44.9 Å². The number of benzene rings is 2. The van der Waals surface area contributed by atoms with Crippen LogP contribution in [0, 0.1) is 0 Å². The van der Waals surface area contributed by atoms with Crippen LogP contribution in [0.5, 0.6) is 11.5 Å². The van der Waals surface area contributed by atoms with Gasteiger partial charge in [-0.25, -0.2) is 4.79 Å². The van der Waals surface area contributed by atoms with Gasteiger partial charge in [0, 0.05) is 37.3 Å². The molecule has 0 unspecified atom stereocenters. The van der Waals surface area contributed by atoms with Crippen LogP contribution in [0.25, 0.3) is 10.9 Å². The zero-order valence-electron chi connectivity index (χ0n) is 35.1. The van der Waals surface area contributed by atoms with Crippen molar-refractivity contribution in [3.8, 4) is 11.5 Å². The predicted molar refractivity (Wildman–Crippen MR) is 209 cm³/mol. The number of carbonyl (C=O) groups excluding carboxylic acids is 1. The van der Waals surface area contributed by atoms with E-state index in [9.17, 15) is 66.7 Å². The first kappa shape index (κ1) is 54.2. The molecule has 0 radical (unpaired) electrons. The summed E-state index contributed by atoms with van der Waals surface area (Å²) in [5, 5.41) is -0.0100. The van der Waals surface area contributed by atoms with Gasteiger partial charge >= 0.3 is 50.6 Å². The molecule has 0 bridgehead atoms. The highest BCUT2D eigenvalue weighted by molar-refractivity contribution is 6.60. The van der Waals surface area contributed by atoms with Crippen LogP contribution in [0.2, 0.25) is 6.04 Å². The summed E-state index contributed by atoms with van der Waals surface area (Å²) in [5.74, 6) is -38.5. The molecule has 0 N–H and O–H groups in total. The van der Waals surface area contributed by atoms with E-state index in [0.717, 1.165) is 94.2 Å². The zero-order valence-corrected chi connectivity index (χ0v) is 36.1. The molecule has 64 heavy (non-hydrogen) atoms. The molecule has 0 spiro atoms. The van der Waals surface area contributed by atoms with E-state index in [1.54, 1.807) is 0 Å². The molecule has 0 saturated carbocycles. The molecule has 23 heteroatoms. The first-order valence-corrected chi connectivity index (χ1v) is 22.4. The Labute approximate surface area is 361 Å². The molecule has 0 amide bonds. The van der Waals surface area contributed by atoms with Gasteiger partial charge in [-0.15, -0.1) is 4.73 Å². The Hall–Kier alpha value is -4.09. The number of fused-ring (bicyclic) bond motifs is 1. The molecule has 0 aliphatic heterocycles. The van der Waals surface area contributed by atoms with Crippen LogP contribution in [-0.2, 0) is 13.3 Å². The Morgan fingerprint density at radius 1 is 0.562 bits per heavy atom. The molecule has 0 aliphatic carbocycles. The average Bonchev–Trinajstić information content (AvgIpc) is 3.22. The Kier molecular flexibility index (Phi) is 19.4. The number of pyridine rings is 1. The van der Waals surface area contributed by atoms with Gasteiger partial charge in [0.2, 0.25) is 0 Å². The summed E-state index contributed by atoms with van der Waals surface area (Å²) in [4.78, 5) is 30.8. The first-order chi connectivity index (χ1) is 29.8. The maximum absolute atomic E-state index is 14.2. The van der Waals surface area contributed by atoms with E-state index in [4.69, 9.17) is 27.6 Å². The second-order valence-corrected chi connectivity index (χ2v) is 17.2. The first-order valence-electron chi connectivity index (χ1n) is 20.5. The number of carbonyl (C=O) groups is 1. The average molecular weight is 960 g/mol. The van der Waals surface area contributed by atoms with Gasteiger partial charge < -0.3 is 27.6 Å². The maximum Gasteiger partial charge on any atom is 0.500 e. The molecule has 3 aromatic rings. The normalized spacial score (nSPS) is 13.4. The number of hydrogen-bond acceptors (Lipinski definition) is 8. The summed E-state index contributed by atoms with van der Waals surface area (Å²) in [6, 6.07) is 11.5. The topological polar surface area (TPSA) is 94.5 Å². The van der Waals surface area contributed by atoms with Crippen molar-refractivity contribution < 1.29 is 89.5 Å². The van der Waals surface area contributed by atoms with Crippen LogP contribution >= 0.6 is 0 Å². The Morgan fingerprint density at radius 3 is 1.58 bits per heavy atom. The zero-order chi connectivity index (χ0) is 48.0. The van der Waals surface area contributed by atoms with Crippen molar-refractivity contribution in [1.82, 2.24) is 4.73 Å². The minimum Gasteiger partial charge on any atom is -0.494 e. The van der Waals surface area contributed by atoms with Crippen LogP contribution in [-0.4, -0.2) is 88.3 Å². The van der Waals surface area contributed by atoms with E-state index in [1.165, 1.54) is 24.3 Å². The summed E-state index contributed by atoms with van der Waals surface area (Å²) >= 11 is 0. The standard InChI is InChI=1S/C41H50F13NO8Si/c1-4-60-64(61-5-2,62-6-3)27-15-13-11-9-7-8-10-12-14-25-58-31-19-16-29(17-20-31)35(57)63-55-33-22-21-32(28-30(33)18-23-34(55)56)59-26-24-36(42,43)37(44,45)38(46,47)39(48,49)40(50,51)41(52,53)54/h16-23,28H,4-15,24-27H2,1-3H3. The minimum atomic E-state index is -8.00. The smallest absolute Gasteiger partial charge is 0.494 e. The second-order valence-electron chi connectivity index (χ2n) is 14.5. The van der Waals surface area contributed by atoms with E-state index in [1.807, 2.05) is 20.8 Å². The molecule has 2 aromatic carbocycles. The van der Waals surface area contributed by atoms with Gasteiger partial charge in [-0.3, -0.25) is 4.79 Å².